The molecule has 2 aromatic carbocycles. The summed E-state index contributed by atoms with van der Waals surface area (Å²) in [5.74, 6) is -0.288. The van der Waals surface area contributed by atoms with Crippen LogP contribution in [0.3, 0.4) is 0 Å². The second kappa shape index (κ2) is 23.6. The van der Waals surface area contributed by atoms with E-state index in [1.54, 1.807) is 58.3 Å². The normalized spacial score (nSPS) is 20.0. The molecule has 5 saturated heterocycles. The number of piperidine rings is 3. The number of amides is 5. The van der Waals surface area contributed by atoms with Gasteiger partial charge in [-0.15, -0.1) is 20.4 Å². The number of hydrogen-bond donors (Lipinski definition) is 6. The fraction of sp³-hybridized carbons (Fsp3) is 0.511. The minimum atomic E-state index is -0.755. The average Bonchev–Trinajstić information content (AvgIpc) is 3.39. The zero-order chi connectivity index (χ0) is 49.9. The van der Waals surface area contributed by atoms with Crippen molar-refractivity contribution < 1.29 is 33.4 Å². The summed E-state index contributed by atoms with van der Waals surface area (Å²) in [5.41, 5.74) is 19.3. The Bertz CT molecular complexity index is 2500. The molecule has 0 radical (unpaired) electrons. The number of carbonyl (C=O) groups excluding carboxylic acids is 5. The van der Waals surface area contributed by atoms with Crippen LogP contribution in [0, 0.1) is 5.92 Å². The van der Waals surface area contributed by atoms with Crippen LogP contribution in [0.5, 0.6) is 0 Å². The Balaban J connectivity index is 0.000000197. The van der Waals surface area contributed by atoms with E-state index in [0.717, 1.165) is 58.2 Å². The summed E-state index contributed by atoms with van der Waals surface area (Å²) in [6.45, 7) is 8.96. The molecule has 4 aromatic rings. The number of nitrogens with one attached hydrogen (secondary N) is 3. The van der Waals surface area contributed by atoms with Crippen molar-refractivity contribution in [3.8, 4) is 0 Å². The van der Waals surface area contributed by atoms with Gasteiger partial charge < -0.3 is 67.1 Å². The first-order valence-corrected chi connectivity index (χ1v) is 24.2. The molecule has 0 bridgehead atoms. The van der Waals surface area contributed by atoms with E-state index in [2.05, 4.69) is 58.3 Å². The van der Waals surface area contributed by atoms with Crippen molar-refractivity contribution in [1.82, 2.24) is 50.4 Å². The van der Waals surface area contributed by atoms with E-state index >= 15 is 0 Å². The number of benzene rings is 2. The lowest BCUT2D eigenvalue weighted by molar-refractivity contribution is -0.127. The number of likely N-dealkylation sites (tertiary alicyclic amines) is 1. The van der Waals surface area contributed by atoms with Crippen LogP contribution in [0.4, 0.5) is 34.9 Å². The molecule has 71 heavy (non-hydrogen) atoms. The van der Waals surface area contributed by atoms with E-state index in [1.165, 1.54) is 0 Å². The van der Waals surface area contributed by atoms with E-state index in [4.69, 9.17) is 26.7 Å². The fourth-order valence-electron chi connectivity index (χ4n) is 9.03. The summed E-state index contributed by atoms with van der Waals surface area (Å²) >= 11 is 0. The van der Waals surface area contributed by atoms with E-state index < -0.39 is 11.8 Å². The van der Waals surface area contributed by atoms with E-state index in [0.29, 0.717) is 107 Å². The van der Waals surface area contributed by atoms with Crippen LogP contribution in [-0.2, 0) is 14.3 Å². The highest BCUT2D eigenvalue weighted by atomic mass is 16.5. The molecule has 9 rings (SSSR count). The Kier molecular flexibility index (Phi) is 16.7. The Morgan fingerprint density at radius 1 is 0.577 bits per heavy atom. The second-order valence-electron chi connectivity index (χ2n) is 18.3. The van der Waals surface area contributed by atoms with Gasteiger partial charge in [0, 0.05) is 92.9 Å². The highest BCUT2D eigenvalue weighted by molar-refractivity contribution is 5.98. The molecule has 0 aliphatic carbocycles. The summed E-state index contributed by atoms with van der Waals surface area (Å²) in [4.78, 5) is 80.9. The predicted octanol–water partition coefficient (Wildman–Crippen LogP) is 0.727. The Labute approximate surface area is 411 Å². The number of hydrogen-bond acceptors (Lipinski definition) is 19. The van der Waals surface area contributed by atoms with Crippen molar-refractivity contribution in [2.24, 2.45) is 23.1 Å². The number of ether oxygens (including phenoxy) is 2. The first-order chi connectivity index (χ1) is 34.4. The summed E-state index contributed by atoms with van der Waals surface area (Å²) in [6.07, 6.45) is 5.37. The Morgan fingerprint density at radius 3 is 1.48 bits per heavy atom. The molecule has 5 amide bonds. The van der Waals surface area contributed by atoms with Crippen LogP contribution in [0.2, 0.25) is 0 Å². The zero-order valence-electron chi connectivity index (χ0n) is 40.0. The van der Waals surface area contributed by atoms with Gasteiger partial charge in [-0.05, 0) is 107 Å². The molecule has 2 atom stereocenters. The molecule has 24 heteroatoms. The van der Waals surface area contributed by atoms with Gasteiger partial charge in [0.2, 0.25) is 17.8 Å². The first-order valence-electron chi connectivity index (χ1n) is 24.2. The quantitative estimate of drug-likeness (QED) is 0.114. The molecule has 0 saturated carbocycles. The Morgan fingerprint density at radius 2 is 1.03 bits per heavy atom. The van der Waals surface area contributed by atoms with Gasteiger partial charge >= 0.3 is 0 Å². The van der Waals surface area contributed by atoms with Gasteiger partial charge in [0.15, 0.2) is 23.0 Å². The molecule has 5 fully saturated rings. The summed E-state index contributed by atoms with van der Waals surface area (Å²) in [6, 6.07) is 13.9. The molecule has 5 aliphatic heterocycles. The van der Waals surface area contributed by atoms with Crippen LogP contribution >= 0.6 is 0 Å². The Hall–Kier alpha value is -7.15. The summed E-state index contributed by atoms with van der Waals surface area (Å²) in [7, 11) is 2.08. The maximum atomic E-state index is 12.9. The standard InChI is InChI=1S/C27H37N9O4.C20H26N8O3/c1-34-11-8-18(9-12-34)25(38)30-21-3-2-10-36(17-21)27-31-24(22(23(28)37)32-33-27)29-20-6-4-19(5-7-20)26(39)35-13-15-40-16-14-35;21-14-2-1-7-28(12-14)20-24-18(16(17(22)29)25-26-20)23-15-5-3-13(4-6-15)19(30)27-8-10-31-11-9-27/h4-7,18,21H,2-3,8-17H2,1H3,(H2,28,37)(H,30,38)(H,29,31,33);3-6,14H,1-2,7-12,21H2,(H2,22,29)(H,23,24,26)/t21-;14-/m11/s1. The minimum Gasteiger partial charge on any atom is -0.378 e. The SMILES string of the molecule is CN1CCC(C(=O)N[C@@H]2CCCN(c3nnc(C(N)=O)c(Nc4ccc(C(=O)N5CCOCC5)cc4)n3)C2)CC1.NC(=O)c1nnc(N2CCC[C@@H](N)C2)nc1Nc1ccc(C(=O)N2CCOCC2)cc1. The third-order valence-electron chi connectivity index (χ3n) is 13.1. The lowest BCUT2D eigenvalue weighted by Crippen LogP contribution is -2.50. The topological polar surface area (TPSA) is 312 Å². The third-order valence-corrected chi connectivity index (χ3v) is 13.1. The highest BCUT2D eigenvalue weighted by Crippen LogP contribution is 2.25. The number of nitrogens with two attached hydrogens (primary N) is 3. The van der Waals surface area contributed by atoms with Gasteiger partial charge in [0.25, 0.3) is 23.6 Å². The molecule has 24 nitrogen and oxygen atoms in total. The van der Waals surface area contributed by atoms with Gasteiger partial charge in [-0.25, -0.2) is 0 Å². The van der Waals surface area contributed by atoms with Crippen molar-refractivity contribution in [3.05, 3.63) is 71.0 Å². The molecular weight excluding hydrogens is 915 g/mol. The first kappa shape index (κ1) is 50.2. The van der Waals surface area contributed by atoms with E-state index in [-0.39, 0.29) is 58.7 Å². The van der Waals surface area contributed by atoms with Gasteiger partial charge in [0.05, 0.1) is 26.4 Å². The van der Waals surface area contributed by atoms with Crippen LogP contribution in [0.15, 0.2) is 48.5 Å². The second-order valence-corrected chi connectivity index (χ2v) is 18.3. The molecule has 0 spiro atoms. The van der Waals surface area contributed by atoms with Gasteiger partial charge in [-0.3, -0.25) is 24.0 Å². The van der Waals surface area contributed by atoms with Crippen molar-refractivity contribution >= 4 is 64.4 Å². The molecule has 5 aliphatic rings. The maximum Gasteiger partial charge on any atom is 0.273 e. The number of nitrogens with zero attached hydrogens (tertiary/aromatic N) is 11. The van der Waals surface area contributed by atoms with Crippen LogP contribution in [-0.4, -0.2) is 186 Å². The molecule has 2 aromatic heterocycles. The van der Waals surface area contributed by atoms with E-state index in [9.17, 15) is 24.0 Å². The van der Waals surface area contributed by atoms with Crippen molar-refractivity contribution in [2.75, 3.05) is 119 Å². The summed E-state index contributed by atoms with van der Waals surface area (Å²) < 4.78 is 10.6. The van der Waals surface area contributed by atoms with Gasteiger partial charge in [-0.2, -0.15) is 9.97 Å². The van der Waals surface area contributed by atoms with Crippen LogP contribution in [0.25, 0.3) is 0 Å². The van der Waals surface area contributed by atoms with Crippen LogP contribution < -0.4 is 43.0 Å². The smallest absolute Gasteiger partial charge is 0.273 e. The molecule has 0 unspecified atom stereocenters. The minimum absolute atomic E-state index is 0.0201. The largest absolute Gasteiger partial charge is 0.378 e. The lowest BCUT2D eigenvalue weighted by atomic mass is 9.95. The number of aromatic nitrogens is 6. The van der Waals surface area contributed by atoms with Crippen molar-refractivity contribution in [3.63, 3.8) is 0 Å². The zero-order valence-corrected chi connectivity index (χ0v) is 40.0. The predicted molar refractivity (Wildman–Crippen MR) is 263 cm³/mol. The highest BCUT2D eigenvalue weighted by Gasteiger charge is 2.30. The lowest BCUT2D eigenvalue weighted by Gasteiger charge is -2.35. The maximum absolute atomic E-state index is 12.9. The van der Waals surface area contributed by atoms with Gasteiger partial charge in [-0.1, -0.05) is 0 Å². The summed E-state index contributed by atoms with van der Waals surface area (Å²) in [5, 5.41) is 25.7. The van der Waals surface area contributed by atoms with Crippen molar-refractivity contribution in [1.29, 1.82) is 0 Å². The number of rotatable bonds is 12. The molecule has 9 N–H and O–H groups in total. The molecular formula is C47H63N17O7. The monoisotopic (exact) mass is 978 g/mol. The number of morpholine rings is 2. The molecule has 378 valence electrons. The van der Waals surface area contributed by atoms with Crippen LogP contribution in [0.1, 0.15) is 80.2 Å². The van der Waals surface area contributed by atoms with Crippen molar-refractivity contribution in [2.45, 2.75) is 50.6 Å². The fourth-order valence-corrected chi connectivity index (χ4v) is 9.03. The average molecular weight is 978 g/mol. The number of primary amides is 2. The molecule has 7 heterocycles. The van der Waals surface area contributed by atoms with Gasteiger partial charge in [0.1, 0.15) is 0 Å². The van der Waals surface area contributed by atoms with E-state index in [1.807, 2.05) is 9.80 Å². The third kappa shape index (κ3) is 13.2. The number of anilines is 6. The number of carbonyl (C=O) groups is 5.